The standard InChI is InChI=1S/C20H23NO5S/c1-2-25-13-14-26-20(22)17-7-9-19(10-8-17)27(23,24)21-12-11-16-5-3-4-6-18(16)15-21/h3-10H,2,11-15H2,1H3. The number of esters is 1. The summed E-state index contributed by atoms with van der Waals surface area (Å²) in [6.07, 6.45) is 0.694. The molecule has 0 saturated heterocycles. The maximum absolute atomic E-state index is 12.9. The summed E-state index contributed by atoms with van der Waals surface area (Å²) in [5.74, 6) is -0.495. The van der Waals surface area contributed by atoms with Gasteiger partial charge in [-0.25, -0.2) is 13.2 Å². The molecule has 27 heavy (non-hydrogen) atoms. The Kier molecular flexibility index (Phi) is 6.26. The van der Waals surface area contributed by atoms with Gasteiger partial charge in [-0.2, -0.15) is 4.31 Å². The fraction of sp³-hybridized carbons (Fsp3) is 0.350. The van der Waals surface area contributed by atoms with Crippen LogP contribution in [0.3, 0.4) is 0 Å². The van der Waals surface area contributed by atoms with Crippen LogP contribution in [0.25, 0.3) is 0 Å². The highest BCUT2D eigenvalue weighted by molar-refractivity contribution is 7.89. The van der Waals surface area contributed by atoms with Crippen molar-refractivity contribution in [3.8, 4) is 0 Å². The van der Waals surface area contributed by atoms with Crippen LogP contribution in [-0.4, -0.2) is 45.1 Å². The van der Waals surface area contributed by atoms with Crippen LogP contribution in [0.4, 0.5) is 0 Å². The number of ether oxygens (including phenoxy) is 2. The summed E-state index contributed by atoms with van der Waals surface area (Å²) < 4.78 is 37.5. The van der Waals surface area contributed by atoms with E-state index in [1.165, 1.54) is 34.1 Å². The van der Waals surface area contributed by atoms with Crippen molar-refractivity contribution in [2.45, 2.75) is 24.8 Å². The lowest BCUT2D eigenvalue weighted by atomic mass is 10.0. The number of benzene rings is 2. The van der Waals surface area contributed by atoms with Crippen LogP contribution in [0.5, 0.6) is 0 Å². The first-order chi connectivity index (χ1) is 13.0. The van der Waals surface area contributed by atoms with Crippen LogP contribution in [0.15, 0.2) is 53.4 Å². The third-order valence-corrected chi connectivity index (χ3v) is 6.35. The van der Waals surface area contributed by atoms with Gasteiger partial charge in [-0.3, -0.25) is 0 Å². The maximum Gasteiger partial charge on any atom is 0.338 e. The lowest BCUT2D eigenvalue weighted by Gasteiger charge is -2.28. The van der Waals surface area contributed by atoms with E-state index in [4.69, 9.17) is 9.47 Å². The molecule has 0 spiro atoms. The molecule has 0 saturated carbocycles. The van der Waals surface area contributed by atoms with E-state index in [0.717, 1.165) is 5.56 Å². The van der Waals surface area contributed by atoms with E-state index in [9.17, 15) is 13.2 Å². The highest BCUT2D eigenvalue weighted by Crippen LogP contribution is 2.25. The molecule has 0 atom stereocenters. The third kappa shape index (κ3) is 4.55. The molecule has 0 radical (unpaired) electrons. The Bertz CT molecular complexity index is 893. The molecule has 0 aromatic heterocycles. The zero-order valence-electron chi connectivity index (χ0n) is 15.3. The van der Waals surface area contributed by atoms with E-state index in [-0.39, 0.29) is 11.5 Å². The topological polar surface area (TPSA) is 72.9 Å². The van der Waals surface area contributed by atoms with Gasteiger partial charge in [-0.15, -0.1) is 0 Å². The van der Waals surface area contributed by atoms with Gasteiger partial charge < -0.3 is 9.47 Å². The first-order valence-corrected chi connectivity index (χ1v) is 10.4. The highest BCUT2D eigenvalue weighted by Gasteiger charge is 2.28. The Morgan fingerprint density at radius 3 is 2.44 bits per heavy atom. The third-order valence-electron chi connectivity index (χ3n) is 4.49. The Hall–Kier alpha value is -2.22. The molecular weight excluding hydrogens is 366 g/mol. The monoisotopic (exact) mass is 389 g/mol. The van der Waals surface area contributed by atoms with E-state index < -0.39 is 16.0 Å². The van der Waals surface area contributed by atoms with Crippen LogP contribution < -0.4 is 0 Å². The zero-order chi connectivity index (χ0) is 19.3. The van der Waals surface area contributed by atoms with Crippen LogP contribution in [-0.2, 0) is 32.5 Å². The van der Waals surface area contributed by atoms with Gasteiger partial charge in [0, 0.05) is 19.7 Å². The number of fused-ring (bicyclic) bond motifs is 1. The van der Waals surface area contributed by atoms with Crippen LogP contribution in [0.2, 0.25) is 0 Å². The quantitative estimate of drug-likeness (QED) is 0.538. The van der Waals surface area contributed by atoms with Gasteiger partial charge in [0.1, 0.15) is 6.61 Å². The molecule has 1 aliphatic rings. The maximum atomic E-state index is 12.9. The SMILES string of the molecule is CCOCCOC(=O)c1ccc(S(=O)(=O)N2CCc3ccccc3C2)cc1. The van der Waals surface area contributed by atoms with Gasteiger partial charge in [0.05, 0.1) is 17.1 Å². The number of sulfonamides is 1. The molecule has 0 fully saturated rings. The normalized spacial score (nSPS) is 14.6. The lowest BCUT2D eigenvalue weighted by Crippen LogP contribution is -2.35. The second-order valence-corrected chi connectivity index (χ2v) is 8.15. The second-order valence-electron chi connectivity index (χ2n) is 6.21. The minimum atomic E-state index is -3.61. The number of rotatable bonds is 7. The molecule has 0 bridgehead atoms. The number of hydrogen-bond donors (Lipinski definition) is 0. The number of nitrogens with zero attached hydrogens (tertiary/aromatic N) is 1. The average Bonchev–Trinajstić information content (AvgIpc) is 2.70. The van der Waals surface area contributed by atoms with Crippen LogP contribution in [0.1, 0.15) is 28.4 Å². The molecule has 0 unspecified atom stereocenters. The molecule has 7 heteroatoms. The van der Waals surface area contributed by atoms with Crippen molar-refractivity contribution in [1.29, 1.82) is 0 Å². The Balaban J connectivity index is 1.68. The smallest absolute Gasteiger partial charge is 0.338 e. The minimum Gasteiger partial charge on any atom is -0.460 e. The van der Waals surface area contributed by atoms with Crippen LogP contribution in [0, 0.1) is 0 Å². The predicted molar refractivity (Wildman–Crippen MR) is 101 cm³/mol. The van der Waals surface area contributed by atoms with E-state index in [1.807, 2.05) is 31.2 Å². The average molecular weight is 389 g/mol. The van der Waals surface area contributed by atoms with E-state index in [0.29, 0.717) is 38.3 Å². The molecule has 0 N–H and O–H groups in total. The Morgan fingerprint density at radius 1 is 1.04 bits per heavy atom. The molecule has 144 valence electrons. The predicted octanol–water partition coefficient (Wildman–Crippen LogP) is 2.63. The van der Waals surface area contributed by atoms with Gasteiger partial charge >= 0.3 is 5.97 Å². The van der Waals surface area contributed by atoms with Crippen molar-refractivity contribution in [3.05, 3.63) is 65.2 Å². The summed E-state index contributed by atoms with van der Waals surface area (Å²) >= 11 is 0. The summed E-state index contributed by atoms with van der Waals surface area (Å²) in [6.45, 7) is 3.73. The van der Waals surface area contributed by atoms with Crippen molar-refractivity contribution >= 4 is 16.0 Å². The minimum absolute atomic E-state index is 0.167. The fourth-order valence-corrected chi connectivity index (χ4v) is 4.43. The van der Waals surface area contributed by atoms with Crippen molar-refractivity contribution in [1.82, 2.24) is 4.31 Å². The Morgan fingerprint density at radius 2 is 1.74 bits per heavy atom. The number of hydrogen-bond acceptors (Lipinski definition) is 5. The summed E-state index contributed by atoms with van der Waals surface area (Å²) in [6, 6.07) is 13.7. The fourth-order valence-electron chi connectivity index (χ4n) is 3.01. The van der Waals surface area contributed by atoms with E-state index >= 15 is 0 Å². The molecule has 3 rings (SSSR count). The van der Waals surface area contributed by atoms with E-state index in [1.54, 1.807) is 0 Å². The largest absolute Gasteiger partial charge is 0.460 e. The van der Waals surface area contributed by atoms with Crippen molar-refractivity contribution < 1.29 is 22.7 Å². The Labute approximate surface area is 159 Å². The molecule has 2 aromatic rings. The lowest BCUT2D eigenvalue weighted by molar-refractivity contribution is 0.0335. The second kappa shape index (κ2) is 8.65. The summed E-state index contributed by atoms with van der Waals surface area (Å²) in [5, 5.41) is 0. The number of carbonyl (C=O) groups is 1. The summed E-state index contributed by atoms with van der Waals surface area (Å²) in [5.41, 5.74) is 2.53. The number of carbonyl (C=O) groups excluding carboxylic acids is 1. The van der Waals surface area contributed by atoms with Gasteiger partial charge in [-0.1, -0.05) is 24.3 Å². The van der Waals surface area contributed by atoms with Crippen molar-refractivity contribution in [2.75, 3.05) is 26.4 Å². The molecular formula is C20H23NO5S. The summed E-state index contributed by atoms with van der Waals surface area (Å²) in [7, 11) is -3.61. The van der Waals surface area contributed by atoms with Gasteiger partial charge in [0.2, 0.25) is 10.0 Å². The van der Waals surface area contributed by atoms with Gasteiger partial charge in [0.25, 0.3) is 0 Å². The molecule has 1 heterocycles. The van der Waals surface area contributed by atoms with Gasteiger partial charge in [0.15, 0.2) is 0 Å². The van der Waals surface area contributed by atoms with E-state index in [2.05, 4.69) is 0 Å². The van der Waals surface area contributed by atoms with Crippen molar-refractivity contribution in [2.24, 2.45) is 0 Å². The van der Waals surface area contributed by atoms with Crippen LogP contribution >= 0.6 is 0 Å². The zero-order valence-corrected chi connectivity index (χ0v) is 16.1. The first-order valence-electron chi connectivity index (χ1n) is 8.94. The summed E-state index contributed by atoms with van der Waals surface area (Å²) in [4.78, 5) is 12.1. The highest BCUT2D eigenvalue weighted by atomic mass is 32.2. The molecule has 2 aromatic carbocycles. The molecule has 0 amide bonds. The first kappa shape index (κ1) is 19.5. The molecule has 1 aliphatic heterocycles. The van der Waals surface area contributed by atoms with Crippen molar-refractivity contribution in [3.63, 3.8) is 0 Å². The molecule has 6 nitrogen and oxygen atoms in total. The molecule has 0 aliphatic carbocycles. The van der Waals surface area contributed by atoms with Gasteiger partial charge in [-0.05, 0) is 48.7 Å².